The van der Waals surface area contributed by atoms with Gasteiger partial charge in [-0.1, -0.05) is 12.1 Å². The van der Waals surface area contributed by atoms with Gasteiger partial charge in [-0.25, -0.2) is 0 Å². The zero-order chi connectivity index (χ0) is 23.5. The van der Waals surface area contributed by atoms with E-state index < -0.39 is 0 Å². The highest BCUT2D eigenvalue weighted by Gasteiger charge is 2.45. The first-order valence-electron chi connectivity index (χ1n) is 11.7. The Morgan fingerprint density at radius 2 is 1.68 bits per heavy atom. The van der Waals surface area contributed by atoms with Crippen LogP contribution in [0.5, 0.6) is 11.5 Å². The molecule has 0 aliphatic carbocycles. The van der Waals surface area contributed by atoms with E-state index in [1.165, 1.54) is 5.56 Å². The summed E-state index contributed by atoms with van der Waals surface area (Å²) in [5.41, 5.74) is 2.56. The summed E-state index contributed by atoms with van der Waals surface area (Å²) in [6.45, 7) is 6.58. The second kappa shape index (κ2) is 9.46. The largest absolute Gasteiger partial charge is 0.497 e. The van der Waals surface area contributed by atoms with Crippen molar-refractivity contribution in [2.45, 2.75) is 26.3 Å². The Morgan fingerprint density at radius 1 is 1.00 bits per heavy atom. The monoisotopic (exact) mass is 462 g/mol. The highest BCUT2D eigenvalue weighted by atomic mass is 16.5. The van der Waals surface area contributed by atoms with Gasteiger partial charge in [0.2, 0.25) is 11.8 Å². The second-order valence-corrected chi connectivity index (χ2v) is 9.31. The third kappa shape index (κ3) is 4.92. The van der Waals surface area contributed by atoms with E-state index in [-0.39, 0.29) is 12.5 Å². The molecule has 0 bridgehead atoms. The maximum Gasteiger partial charge on any atom is 0.260 e. The molecule has 8 heteroatoms. The Labute approximate surface area is 199 Å². The molecular weight excluding hydrogens is 432 g/mol. The van der Waals surface area contributed by atoms with Crippen LogP contribution in [-0.4, -0.2) is 65.8 Å². The number of aryl methyl sites for hydroxylation is 1. The molecule has 0 N–H and O–H groups in total. The molecule has 178 valence electrons. The zero-order valence-corrected chi connectivity index (χ0v) is 19.7. The number of rotatable bonds is 7. The molecule has 0 atom stereocenters. The summed E-state index contributed by atoms with van der Waals surface area (Å²) in [6.07, 6.45) is 2.10. The number of aromatic nitrogens is 2. The van der Waals surface area contributed by atoms with Crippen molar-refractivity contribution < 1.29 is 18.7 Å². The summed E-state index contributed by atoms with van der Waals surface area (Å²) in [4.78, 5) is 17.0. The van der Waals surface area contributed by atoms with Gasteiger partial charge in [-0.3, -0.25) is 9.69 Å². The number of hydrogen-bond donors (Lipinski definition) is 0. The molecule has 1 aromatic heterocycles. The van der Waals surface area contributed by atoms with Crippen molar-refractivity contribution in [2.24, 2.45) is 5.41 Å². The van der Waals surface area contributed by atoms with Crippen molar-refractivity contribution in [2.75, 3.05) is 39.9 Å². The molecule has 2 aromatic carbocycles. The topological polar surface area (TPSA) is 80.9 Å². The number of likely N-dealkylation sites (tertiary alicyclic amines) is 2. The molecule has 34 heavy (non-hydrogen) atoms. The van der Waals surface area contributed by atoms with Crippen molar-refractivity contribution >= 4 is 5.91 Å². The molecule has 1 amide bonds. The fourth-order valence-electron chi connectivity index (χ4n) is 4.89. The van der Waals surface area contributed by atoms with Crippen LogP contribution in [0, 0.1) is 12.3 Å². The van der Waals surface area contributed by atoms with Gasteiger partial charge in [0.1, 0.15) is 11.5 Å². The zero-order valence-electron chi connectivity index (χ0n) is 19.7. The Bertz CT molecular complexity index is 1110. The van der Waals surface area contributed by atoms with E-state index in [0.29, 0.717) is 22.9 Å². The molecule has 2 fully saturated rings. The molecule has 0 saturated carbocycles. The summed E-state index contributed by atoms with van der Waals surface area (Å²) < 4.78 is 16.3. The minimum absolute atomic E-state index is 0.0541. The molecule has 0 radical (unpaired) electrons. The summed E-state index contributed by atoms with van der Waals surface area (Å²) >= 11 is 0. The van der Waals surface area contributed by atoms with E-state index >= 15 is 0 Å². The van der Waals surface area contributed by atoms with Crippen LogP contribution in [0.3, 0.4) is 0 Å². The van der Waals surface area contributed by atoms with Crippen molar-refractivity contribution in [3.8, 4) is 23.0 Å². The Kier molecular flexibility index (Phi) is 6.24. The SMILES string of the molecule is COc1ccc(OCC(=O)N2CCC3(CC2)CN(Cc2ccc(-c4nnc(C)o4)cc2)C3)cc1. The van der Waals surface area contributed by atoms with Crippen molar-refractivity contribution in [3.05, 3.63) is 60.0 Å². The number of ether oxygens (including phenoxy) is 2. The molecule has 0 unspecified atom stereocenters. The first kappa shape index (κ1) is 22.4. The minimum Gasteiger partial charge on any atom is -0.497 e. The van der Waals surface area contributed by atoms with Crippen LogP contribution in [0.2, 0.25) is 0 Å². The van der Waals surface area contributed by atoms with Gasteiger partial charge in [-0.05, 0) is 60.2 Å². The van der Waals surface area contributed by atoms with E-state index in [4.69, 9.17) is 13.9 Å². The standard InChI is InChI=1S/C26H30N4O4/c1-19-27-28-25(34-19)21-5-3-20(4-6-21)15-29-17-26(18-29)11-13-30(14-12-26)24(31)16-33-23-9-7-22(32-2)8-10-23/h3-10H,11-18H2,1-2H3. The molecule has 2 aliphatic heterocycles. The molecule has 3 aromatic rings. The summed E-state index contributed by atoms with van der Waals surface area (Å²) in [5, 5.41) is 7.97. The van der Waals surface area contributed by atoms with Crippen molar-refractivity contribution in [1.82, 2.24) is 20.0 Å². The highest BCUT2D eigenvalue weighted by molar-refractivity contribution is 5.77. The second-order valence-electron chi connectivity index (χ2n) is 9.31. The average molecular weight is 463 g/mol. The lowest BCUT2D eigenvalue weighted by Gasteiger charge is -2.54. The lowest BCUT2D eigenvalue weighted by Crippen LogP contribution is -2.60. The van der Waals surface area contributed by atoms with Gasteiger partial charge in [-0.2, -0.15) is 0 Å². The van der Waals surface area contributed by atoms with Gasteiger partial charge in [0, 0.05) is 45.2 Å². The number of nitrogens with zero attached hydrogens (tertiary/aromatic N) is 4. The van der Waals surface area contributed by atoms with Crippen LogP contribution < -0.4 is 9.47 Å². The Balaban J connectivity index is 1.05. The summed E-state index contributed by atoms with van der Waals surface area (Å²) in [5.74, 6) is 2.63. The van der Waals surface area contributed by atoms with Gasteiger partial charge in [0.15, 0.2) is 6.61 Å². The molecule has 5 rings (SSSR count). The molecule has 3 heterocycles. The predicted octanol–water partition coefficient (Wildman–Crippen LogP) is 3.56. The first-order chi connectivity index (χ1) is 16.5. The lowest BCUT2D eigenvalue weighted by atomic mass is 9.72. The van der Waals surface area contributed by atoms with Crippen LogP contribution in [0.4, 0.5) is 0 Å². The average Bonchev–Trinajstić information content (AvgIpc) is 3.29. The van der Waals surface area contributed by atoms with Gasteiger partial charge in [0.25, 0.3) is 5.91 Å². The molecule has 2 aliphatic rings. The smallest absolute Gasteiger partial charge is 0.260 e. The number of piperidine rings is 1. The predicted molar refractivity (Wildman–Crippen MR) is 126 cm³/mol. The van der Waals surface area contributed by atoms with Crippen molar-refractivity contribution in [1.29, 1.82) is 0 Å². The summed E-state index contributed by atoms with van der Waals surface area (Å²) in [6, 6.07) is 15.6. The van der Waals surface area contributed by atoms with E-state index in [2.05, 4.69) is 27.2 Å². The number of methoxy groups -OCH3 is 1. The third-order valence-corrected chi connectivity index (χ3v) is 6.85. The number of carbonyl (C=O) groups is 1. The van der Waals surface area contributed by atoms with Gasteiger partial charge in [-0.15, -0.1) is 10.2 Å². The van der Waals surface area contributed by atoms with E-state index in [1.807, 2.05) is 41.3 Å². The molecule has 2 saturated heterocycles. The van der Waals surface area contributed by atoms with Crippen LogP contribution >= 0.6 is 0 Å². The fourth-order valence-corrected chi connectivity index (χ4v) is 4.89. The highest BCUT2D eigenvalue weighted by Crippen LogP contribution is 2.41. The van der Waals surface area contributed by atoms with Crippen LogP contribution in [0.15, 0.2) is 52.9 Å². The third-order valence-electron chi connectivity index (χ3n) is 6.85. The first-order valence-corrected chi connectivity index (χ1v) is 11.7. The van der Waals surface area contributed by atoms with E-state index in [0.717, 1.165) is 56.9 Å². The van der Waals surface area contributed by atoms with Gasteiger partial charge >= 0.3 is 0 Å². The Morgan fingerprint density at radius 3 is 2.29 bits per heavy atom. The maximum absolute atomic E-state index is 12.6. The van der Waals surface area contributed by atoms with Crippen LogP contribution in [0.25, 0.3) is 11.5 Å². The van der Waals surface area contributed by atoms with Crippen molar-refractivity contribution in [3.63, 3.8) is 0 Å². The maximum atomic E-state index is 12.6. The Hall–Kier alpha value is -3.39. The van der Waals surface area contributed by atoms with Crippen LogP contribution in [-0.2, 0) is 11.3 Å². The fraction of sp³-hybridized carbons (Fsp3) is 0.423. The number of carbonyl (C=O) groups excluding carboxylic acids is 1. The minimum atomic E-state index is 0.0541. The van der Waals surface area contributed by atoms with Gasteiger partial charge in [0.05, 0.1) is 7.11 Å². The van der Waals surface area contributed by atoms with E-state index in [9.17, 15) is 4.79 Å². The number of hydrogen-bond acceptors (Lipinski definition) is 7. The van der Waals surface area contributed by atoms with Crippen LogP contribution in [0.1, 0.15) is 24.3 Å². The molecule has 1 spiro atoms. The molecule has 8 nitrogen and oxygen atoms in total. The quantitative estimate of drug-likeness (QED) is 0.531. The molecular formula is C26H30N4O4. The lowest BCUT2D eigenvalue weighted by molar-refractivity contribution is -0.138. The summed E-state index contributed by atoms with van der Waals surface area (Å²) in [7, 11) is 1.63. The van der Waals surface area contributed by atoms with Gasteiger partial charge < -0.3 is 18.8 Å². The number of amides is 1. The normalized spacial score (nSPS) is 17.4. The number of benzene rings is 2. The van der Waals surface area contributed by atoms with E-state index in [1.54, 1.807) is 14.0 Å².